The van der Waals surface area contributed by atoms with Gasteiger partial charge in [0.25, 0.3) is 0 Å². The number of rotatable bonds is 4. The van der Waals surface area contributed by atoms with Gasteiger partial charge >= 0.3 is 0 Å². The van der Waals surface area contributed by atoms with E-state index >= 15 is 0 Å². The fourth-order valence-electron chi connectivity index (χ4n) is 3.78. The number of hydrogen-bond acceptors (Lipinski definition) is 4. The molecule has 0 radical (unpaired) electrons. The zero-order valence-corrected chi connectivity index (χ0v) is 13.8. The van der Waals surface area contributed by atoms with Crippen LogP contribution in [0, 0.1) is 5.41 Å². The summed E-state index contributed by atoms with van der Waals surface area (Å²) in [5.74, 6) is 0.419. The summed E-state index contributed by atoms with van der Waals surface area (Å²) in [6.45, 7) is 4.12. The summed E-state index contributed by atoms with van der Waals surface area (Å²) in [6, 6.07) is 5.96. The van der Waals surface area contributed by atoms with Crippen molar-refractivity contribution < 1.29 is 4.79 Å². The van der Waals surface area contributed by atoms with E-state index in [2.05, 4.69) is 19.9 Å². The quantitative estimate of drug-likeness (QED) is 0.838. The first-order chi connectivity index (χ1) is 11.0. The third-order valence-corrected chi connectivity index (χ3v) is 5.36. The fourth-order valence-corrected chi connectivity index (χ4v) is 3.78. The number of nitrogens with zero attached hydrogens (tertiary/aromatic N) is 2. The van der Waals surface area contributed by atoms with Crippen LogP contribution in [0.5, 0.6) is 0 Å². The Hall–Kier alpha value is -2.17. The van der Waals surface area contributed by atoms with Gasteiger partial charge in [-0.1, -0.05) is 26.0 Å². The molecule has 3 N–H and O–H groups in total. The van der Waals surface area contributed by atoms with Crippen LogP contribution in [0.2, 0.25) is 0 Å². The third kappa shape index (κ3) is 2.54. The number of nitrogens with one attached hydrogen (secondary N) is 1. The summed E-state index contributed by atoms with van der Waals surface area (Å²) in [4.78, 5) is 19.2. The number of nitrogens with two attached hydrogens (primary N) is 1. The van der Waals surface area contributed by atoms with Crippen LogP contribution in [0.3, 0.4) is 0 Å². The number of aliphatic imine (C=N–C) groups is 1. The molecule has 5 nitrogen and oxygen atoms in total. The number of aryl methyl sites for hydroxylation is 1. The highest BCUT2D eigenvalue weighted by Gasteiger charge is 2.41. The average molecular weight is 312 g/mol. The molecule has 1 aromatic carbocycles. The summed E-state index contributed by atoms with van der Waals surface area (Å²) in [5, 5.41) is 7.44. The van der Waals surface area contributed by atoms with Crippen molar-refractivity contribution in [2.45, 2.75) is 57.5 Å². The summed E-state index contributed by atoms with van der Waals surface area (Å²) in [6.07, 6.45) is 5.21. The highest BCUT2D eigenvalue weighted by molar-refractivity contribution is 5.99. The summed E-state index contributed by atoms with van der Waals surface area (Å²) < 4.78 is 0. The Morgan fingerprint density at radius 1 is 1.43 bits per heavy atom. The van der Waals surface area contributed by atoms with Crippen molar-refractivity contribution in [1.82, 2.24) is 4.90 Å². The van der Waals surface area contributed by atoms with Crippen LogP contribution in [-0.2, 0) is 11.2 Å². The largest absolute Gasteiger partial charge is 0.369 e. The van der Waals surface area contributed by atoms with E-state index in [-0.39, 0.29) is 17.5 Å². The Kier molecular flexibility index (Phi) is 3.96. The second kappa shape index (κ2) is 5.80. The van der Waals surface area contributed by atoms with E-state index < -0.39 is 0 Å². The molecule has 3 rings (SSSR count). The molecule has 1 aromatic rings. The van der Waals surface area contributed by atoms with Gasteiger partial charge in [0, 0.05) is 6.21 Å². The number of carbonyl (C=O) groups is 1. The van der Waals surface area contributed by atoms with Crippen molar-refractivity contribution in [3.8, 4) is 0 Å². The molecule has 1 heterocycles. The van der Waals surface area contributed by atoms with Gasteiger partial charge in [0.1, 0.15) is 0 Å². The number of carbonyl (C=O) groups excluding carboxylic acids is 1. The van der Waals surface area contributed by atoms with Crippen LogP contribution < -0.4 is 5.73 Å². The molecule has 122 valence electrons. The molecule has 1 atom stereocenters. The molecule has 0 bridgehead atoms. The van der Waals surface area contributed by atoms with E-state index in [0.717, 1.165) is 36.8 Å². The monoisotopic (exact) mass is 312 g/mol. The van der Waals surface area contributed by atoms with Crippen molar-refractivity contribution in [3.63, 3.8) is 0 Å². The van der Waals surface area contributed by atoms with E-state index in [0.29, 0.717) is 12.4 Å². The van der Waals surface area contributed by atoms with Crippen LogP contribution in [-0.4, -0.2) is 28.5 Å². The maximum absolute atomic E-state index is 12.8. The first kappa shape index (κ1) is 15.7. The molecule has 0 saturated heterocycles. The van der Waals surface area contributed by atoms with Crippen molar-refractivity contribution in [2.24, 2.45) is 10.7 Å². The minimum Gasteiger partial charge on any atom is -0.369 e. The predicted octanol–water partition coefficient (Wildman–Crippen LogP) is 2.78. The van der Waals surface area contributed by atoms with Gasteiger partial charge in [-0.3, -0.25) is 9.69 Å². The van der Waals surface area contributed by atoms with Gasteiger partial charge in [-0.2, -0.15) is 0 Å². The van der Waals surface area contributed by atoms with Gasteiger partial charge < -0.3 is 11.1 Å². The van der Waals surface area contributed by atoms with Gasteiger partial charge in [0.15, 0.2) is 5.96 Å². The van der Waals surface area contributed by atoms with Gasteiger partial charge in [-0.25, -0.2) is 4.99 Å². The van der Waals surface area contributed by atoms with Crippen LogP contribution >= 0.6 is 0 Å². The first-order valence-electron chi connectivity index (χ1n) is 8.34. The zero-order valence-electron chi connectivity index (χ0n) is 13.8. The van der Waals surface area contributed by atoms with Gasteiger partial charge in [0.05, 0.1) is 18.0 Å². The highest BCUT2D eigenvalue weighted by Crippen LogP contribution is 2.39. The van der Waals surface area contributed by atoms with Crippen LogP contribution in [0.4, 0.5) is 0 Å². The Balaban J connectivity index is 1.98. The molecule has 0 aromatic heterocycles. The van der Waals surface area contributed by atoms with Gasteiger partial charge in [-0.05, 0) is 48.4 Å². The van der Waals surface area contributed by atoms with E-state index in [9.17, 15) is 4.79 Å². The molecule has 0 saturated carbocycles. The number of hydrogen-bond donors (Lipinski definition) is 2. The topological polar surface area (TPSA) is 82.5 Å². The number of guanidine groups is 1. The fraction of sp³-hybridized carbons (Fsp3) is 0.500. The molecule has 5 heteroatoms. The van der Waals surface area contributed by atoms with E-state index in [1.807, 2.05) is 12.1 Å². The molecule has 0 fully saturated rings. The highest BCUT2D eigenvalue weighted by atomic mass is 16.2. The summed E-state index contributed by atoms with van der Waals surface area (Å²) in [7, 11) is 0. The van der Waals surface area contributed by atoms with E-state index in [1.165, 1.54) is 11.8 Å². The Morgan fingerprint density at radius 3 is 2.78 bits per heavy atom. The van der Waals surface area contributed by atoms with Crippen LogP contribution in [0.25, 0.3) is 0 Å². The molecule has 1 unspecified atom stereocenters. The molecule has 0 spiro atoms. The van der Waals surface area contributed by atoms with Crippen LogP contribution in [0.15, 0.2) is 23.2 Å². The smallest absolute Gasteiger partial charge is 0.232 e. The summed E-state index contributed by atoms with van der Waals surface area (Å²) >= 11 is 0. The van der Waals surface area contributed by atoms with Gasteiger partial charge in [0.2, 0.25) is 5.91 Å². The predicted molar refractivity (Wildman–Crippen MR) is 91.8 cm³/mol. The van der Waals surface area contributed by atoms with Crippen molar-refractivity contribution in [3.05, 3.63) is 34.9 Å². The lowest BCUT2D eigenvalue weighted by atomic mass is 9.87. The number of benzene rings is 1. The standard InChI is InChI=1S/C18H24N4O/c1-3-18(4-2)10-16(23)22(17(20)21-18)15-8-7-13-6-5-12(11-19)9-14(13)15/h5-6,9,11,15,19H,3-4,7-8,10H2,1-2H3,(H2,20,21). The molecule has 1 amide bonds. The maximum atomic E-state index is 12.8. The lowest BCUT2D eigenvalue weighted by molar-refractivity contribution is -0.131. The first-order valence-corrected chi connectivity index (χ1v) is 8.34. The average Bonchev–Trinajstić information content (AvgIpc) is 2.97. The Bertz CT molecular complexity index is 676. The SMILES string of the molecule is CCC1(CC)CC(=O)N(C2CCc3ccc(C=N)cc32)C(N)=N1. The lowest BCUT2D eigenvalue weighted by Gasteiger charge is -2.39. The molecule has 23 heavy (non-hydrogen) atoms. The summed E-state index contributed by atoms with van der Waals surface area (Å²) in [5.41, 5.74) is 9.08. The molecule has 1 aliphatic heterocycles. The Morgan fingerprint density at radius 2 is 2.17 bits per heavy atom. The maximum Gasteiger partial charge on any atom is 0.232 e. The van der Waals surface area contributed by atoms with Crippen molar-refractivity contribution in [2.75, 3.05) is 0 Å². The second-order valence-corrected chi connectivity index (χ2v) is 6.50. The second-order valence-electron chi connectivity index (χ2n) is 6.50. The van der Waals surface area contributed by atoms with Crippen molar-refractivity contribution >= 4 is 18.1 Å². The number of fused-ring (bicyclic) bond motifs is 1. The normalized spacial score (nSPS) is 22.7. The zero-order chi connectivity index (χ0) is 16.6. The molecular weight excluding hydrogens is 288 g/mol. The lowest BCUT2D eigenvalue weighted by Crippen LogP contribution is -2.52. The van der Waals surface area contributed by atoms with Gasteiger partial charge in [-0.15, -0.1) is 0 Å². The molecule has 1 aliphatic carbocycles. The van der Waals surface area contributed by atoms with Crippen LogP contribution in [0.1, 0.15) is 62.3 Å². The Labute approximate surface area is 137 Å². The third-order valence-electron chi connectivity index (χ3n) is 5.36. The molecular formula is C18H24N4O. The van der Waals surface area contributed by atoms with E-state index in [1.54, 1.807) is 4.90 Å². The minimum atomic E-state index is -0.337. The molecule has 2 aliphatic rings. The van der Waals surface area contributed by atoms with Crippen molar-refractivity contribution in [1.29, 1.82) is 5.41 Å². The number of amides is 1. The minimum absolute atomic E-state index is 0.0483. The van der Waals surface area contributed by atoms with E-state index in [4.69, 9.17) is 16.1 Å².